The van der Waals surface area contributed by atoms with Gasteiger partial charge < -0.3 is 24.9 Å². The van der Waals surface area contributed by atoms with Crippen molar-refractivity contribution in [3.63, 3.8) is 0 Å². The highest BCUT2D eigenvalue weighted by Gasteiger charge is 2.14. The summed E-state index contributed by atoms with van der Waals surface area (Å²) in [6.07, 6.45) is 3.59. The molecule has 0 spiro atoms. The van der Waals surface area contributed by atoms with Crippen LogP contribution in [0.3, 0.4) is 0 Å². The van der Waals surface area contributed by atoms with E-state index in [2.05, 4.69) is 78.7 Å². The zero-order chi connectivity index (χ0) is 20.6. The highest BCUT2D eigenvalue weighted by atomic mass is 16.5. The predicted octanol–water partition coefficient (Wildman–Crippen LogP) is 4.08. The van der Waals surface area contributed by atoms with Gasteiger partial charge in [0.2, 0.25) is 5.95 Å². The van der Waals surface area contributed by atoms with Crippen LogP contribution in [0.5, 0.6) is 0 Å². The van der Waals surface area contributed by atoms with Gasteiger partial charge >= 0.3 is 0 Å². The summed E-state index contributed by atoms with van der Waals surface area (Å²) in [5.41, 5.74) is 6.50. The number of hydrogen-bond donors (Lipinski definition) is 3. The first-order chi connectivity index (χ1) is 15.3. The average Bonchev–Trinajstić information content (AvgIpc) is 3.48. The number of rotatable bonds is 4. The third kappa shape index (κ3) is 3.36. The molecule has 1 aliphatic rings. The molecule has 0 amide bonds. The molecular formula is C23H21N7O. The summed E-state index contributed by atoms with van der Waals surface area (Å²) in [4.78, 5) is 22.5. The predicted molar refractivity (Wildman–Crippen MR) is 122 cm³/mol. The molecule has 1 aliphatic heterocycles. The van der Waals surface area contributed by atoms with Crippen molar-refractivity contribution in [2.75, 3.05) is 36.5 Å². The molecule has 1 saturated heterocycles. The quantitative estimate of drug-likeness (QED) is 0.412. The summed E-state index contributed by atoms with van der Waals surface area (Å²) in [5.74, 6) is 0.517. The fourth-order valence-electron chi connectivity index (χ4n) is 4.00. The molecule has 8 nitrogen and oxygen atoms in total. The number of hydrogen-bond acceptors (Lipinski definition) is 6. The first kappa shape index (κ1) is 17.9. The number of nitrogens with zero attached hydrogens (tertiary/aromatic N) is 4. The Hall–Kier alpha value is -3.91. The van der Waals surface area contributed by atoms with E-state index in [1.165, 1.54) is 5.69 Å². The van der Waals surface area contributed by atoms with Gasteiger partial charge in [-0.2, -0.15) is 4.98 Å². The Kier molecular flexibility index (Phi) is 4.28. The van der Waals surface area contributed by atoms with Crippen LogP contribution in [0.25, 0.3) is 33.3 Å². The van der Waals surface area contributed by atoms with Crippen molar-refractivity contribution in [2.45, 2.75) is 0 Å². The maximum Gasteiger partial charge on any atom is 0.229 e. The number of aromatic nitrogens is 5. The number of imidazole rings is 1. The van der Waals surface area contributed by atoms with E-state index in [0.29, 0.717) is 11.6 Å². The molecule has 5 aromatic rings. The van der Waals surface area contributed by atoms with Crippen LogP contribution >= 0.6 is 0 Å². The molecule has 2 aromatic carbocycles. The lowest BCUT2D eigenvalue weighted by molar-refractivity contribution is 0.122. The second-order valence-corrected chi connectivity index (χ2v) is 7.55. The van der Waals surface area contributed by atoms with Crippen molar-refractivity contribution >= 4 is 39.4 Å². The molecule has 4 heterocycles. The van der Waals surface area contributed by atoms with E-state index in [1.54, 1.807) is 6.33 Å². The molecular weight excluding hydrogens is 390 g/mol. The molecule has 3 aromatic heterocycles. The molecule has 0 atom stereocenters. The van der Waals surface area contributed by atoms with E-state index < -0.39 is 0 Å². The van der Waals surface area contributed by atoms with Crippen molar-refractivity contribution in [3.05, 3.63) is 61.1 Å². The summed E-state index contributed by atoms with van der Waals surface area (Å²) >= 11 is 0. The molecule has 0 unspecified atom stereocenters. The molecule has 0 saturated carbocycles. The van der Waals surface area contributed by atoms with Gasteiger partial charge in [-0.1, -0.05) is 6.07 Å². The van der Waals surface area contributed by atoms with Crippen LogP contribution in [0.4, 0.5) is 17.3 Å². The molecule has 6 rings (SSSR count). The summed E-state index contributed by atoms with van der Waals surface area (Å²) in [5, 5.41) is 4.47. The Morgan fingerprint density at radius 1 is 0.935 bits per heavy atom. The number of nitrogens with one attached hydrogen (secondary N) is 3. The van der Waals surface area contributed by atoms with Gasteiger partial charge in [0.15, 0.2) is 5.65 Å². The smallest absolute Gasteiger partial charge is 0.229 e. The second-order valence-electron chi connectivity index (χ2n) is 7.55. The van der Waals surface area contributed by atoms with Crippen molar-refractivity contribution < 1.29 is 4.74 Å². The first-order valence-electron chi connectivity index (χ1n) is 10.3. The second kappa shape index (κ2) is 7.41. The van der Waals surface area contributed by atoms with E-state index in [1.807, 2.05) is 6.20 Å². The van der Waals surface area contributed by atoms with Gasteiger partial charge in [-0.15, -0.1) is 0 Å². The van der Waals surface area contributed by atoms with Crippen LogP contribution in [0.1, 0.15) is 0 Å². The van der Waals surface area contributed by atoms with Gasteiger partial charge in [0.25, 0.3) is 0 Å². The zero-order valence-corrected chi connectivity index (χ0v) is 16.8. The summed E-state index contributed by atoms with van der Waals surface area (Å²) in [6, 6.07) is 16.6. The number of morpholine rings is 1. The van der Waals surface area contributed by atoms with Gasteiger partial charge in [0, 0.05) is 47.1 Å². The minimum Gasteiger partial charge on any atom is -0.378 e. The third-order valence-electron chi connectivity index (χ3n) is 5.61. The normalized spacial score (nSPS) is 14.4. The highest BCUT2D eigenvalue weighted by Crippen LogP contribution is 2.29. The first-order valence-corrected chi connectivity index (χ1v) is 10.3. The maximum absolute atomic E-state index is 5.44. The molecule has 0 radical (unpaired) electrons. The van der Waals surface area contributed by atoms with E-state index in [4.69, 9.17) is 9.72 Å². The Morgan fingerprint density at radius 3 is 2.68 bits per heavy atom. The average molecular weight is 411 g/mol. The standard InChI is InChI=1S/C23H21N7O/c1-6-19-15(7-8-24-19)13-16(1)20-21-22(26-14-25-21)29-23(28-20)27-17-2-4-18(5-3-17)30-9-11-31-12-10-30/h1-8,13-14,24H,9-12H2,(H2,25,26,27,28,29). The van der Waals surface area contributed by atoms with Gasteiger partial charge in [0.1, 0.15) is 11.2 Å². The summed E-state index contributed by atoms with van der Waals surface area (Å²) in [6.45, 7) is 3.38. The highest BCUT2D eigenvalue weighted by molar-refractivity contribution is 5.92. The molecule has 31 heavy (non-hydrogen) atoms. The van der Waals surface area contributed by atoms with Crippen LogP contribution < -0.4 is 10.2 Å². The van der Waals surface area contributed by atoms with E-state index in [0.717, 1.165) is 59.7 Å². The number of aromatic amines is 2. The van der Waals surface area contributed by atoms with Crippen molar-refractivity contribution in [2.24, 2.45) is 0 Å². The summed E-state index contributed by atoms with van der Waals surface area (Å²) in [7, 11) is 0. The fraction of sp³-hybridized carbons (Fsp3) is 0.174. The Labute approximate surface area is 178 Å². The lowest BCUT2D eigenvalue weighted by Crippen LogP contribution is -2.36. The Morgan fingerprint density at radius 2 is 1.81 bits per heavy atom. The minimum absolute atomic E-state index is 0.517. The number of benzene rings is 2. The molecule has 1 fully saturated rings. The maximum atomic E-state index is 5.44. The van der Waals surface area contributed by atoms with Crippen molar-refractivity contribution in [1.82, 2.24) is 24.9 Å². The number of H-pyrrole nitrogens is 2. The summed E-state index contributed by atoms with van der Waals surface area (Å²) < 4.78 is 5.44. The van der Waals surface area contributed by atoms with Crippen molar-refractivity contribution in [3.8, 4) is 11.3 Å². The van der Waals surface area contributed by atoms with E-state index in [-0.39, 0.29) is 0 Å². The van der Waals surface area contributed by atoms with Gasteiger partial charge in [-0.05, 0) is 42.5 Å². The Bertz CT molecular complexity index is 1350. The van der Waals surface area contributed by atoms with Crippen LogP contribution in [0, 0.1) is 0 Å². The zero-order valence-electron chi connectivity index (χ0n) is 16.8. The van der Waals surface area contributed by atoms with Crippen LogP contribution in [-0.4, -0.2) is 51.2 Å². The lowest BCUT2D eigenvalue weighted by Gasteiger charge is -2.28. The molecule has 8 heteroatoms. The third-order valence-corrected chi connectivity index (χ3v) is 5.61. The topological polar surface area (TPSA) is 94.8 Å². The van der Waals surface area contributed by atoms with Gasteiger partial charge in [0.05, 0.1) is 19.5 Å². The van der Waals surface area contributed by atoms with Gasteiger partial charge in [-0.25, -0.2) is 9.97 Å². The number of ether oxygens (including phenoxy) is 1. The largest absolute Gasteiger partial charge is 0.378 e. The monoisotopic (exact) mass is 411 g/mol. The molecule has 154 valence electrons. The SMILES string of the molecule is c1cc2cc(-c3nc(Nc4ccc(N5CCOCC5)cc4)nc4nc[nH]c34)ccc2[nH]1. The fourth-order valence-corrected chi connectivity index (χ4v) is 4.00. The molecule has 0 bridgehead atoms. The van der Waals surface area contributed by atoms with Crippen LogP contribution in [0.15, 0.2) is 61.1 Å². The minimum atomic E-state index is 0.517. The van der Waals surface area contributed by atoms with Crippen molar-refractivity contribution in [1.29, 1.82) is 0 Å². The Balaban J connectivity index is 1.33. The number of anilines is 3. The molecule has 3 N–H and O–H groups in total. The number of fused-ring (bicyclic) bond motifs is 2. The van der Waals surface area contributed by atoms with E-state index >= 15 is 0 Å². The molecule has 0 aliphatic carbocycles. The lowest BCUT2D eigenvalue weighted by atomic mass is 10.1. The van der Waals surface area contributed by atoms with E-state index in [9.17, 15) is 0 Å². The van der Waals surface area contributed by atoms with Gasteiger partial charge in [-0.3, -0.25) is 0 Å². The van der Waals surface area contributed by atoms with Crippen LogP contribution in [0.2, 0.25) is 0 Å². The van der Waals surface area contributed by atoms with Crippen LogP contribution in [-0.2, 0) is 4.74 Å².